The standard InChI is InChI=1S/C28H48O3/c1-3-5-6-7-8-9-10-11-12-13-14-15-16-17-18-19-22-25(4-2)31-28(30)26-23-20-21-24-27(26)29/h20-21,23-25,29H,3-19,22H2,1-2H3. The van der Waals surface area contributed by atoms with Crippen molar-refractivity contribution in [1.29, 1.82) is 0 Å². The van der Waals surface area contributed by atoms with Gasteiger partial charge in [0.1, 0.15) is 17.4 Å². The number of phenols is 1. The Kier molecular flexibility index (Phi) is 17.0. The van der Waals surface area contributed by atoms with Crippen molar-refractivity contribution in [2.45, 2.75) is 136 Å². The van der Waals surface area contributed by atoms with Crippen LogP contribution in [0.25, 0.3) is 0 Å². The van der Waals surface area contributed by atoms with Crippen molar-refractivity contribution in [2.75, 3.05) is 0 Å². The molecule has 0 saturated heterocycles. The molecule has 1 unspecified atom stereocenters. The predicted octanol–water partition coefficient (Wildman–Crippen LogP) is 8.98. The second-order valence-electron chi connectivity index (χ2n) is 9.04. The molecule has 0 aromatic heterocycles. The fourth-order valence-electron chi connectivity index (χ4n) is 4.13. The van der Waals surface area contributed by atoms with E-state index < -0.39 is 5.97 Å². The van der Waals surface area contributed by atoms with Gasteiger partial charge in [0, 0.05) is 0 Å². The van der Waals surface area contributed by atoms with Crippen LogP contribution in [0.5, 0.6) is 5.75 Å². The topological polar surface area (TPSA) is 46.5 Å². The zero-order chi connectivity index (χ0) is 22.6. The van der Waals surface area contributed by atoms with Crippen molar-refractivity contribution in [1.82, 2.24) is 0 Å². The normalized spacial score (nSPS) is 12.1. The molecule has 1 N–H and O–H groups in total. The zero-order valence-corrected chi connectivity index (χ0v) is 20.4. The van der Waals surface area contributed by atoms with Gasteiger partial charge in [-0.2, -0.15) is 0 Å². The summed E-state index contributed by atoms with van der Waals surface area (Å²) >= 11 is 0. The average Bonchev–Trinajstić information content (AvgIpc) is 2.78. The molecule has 0 amide bonds. The van der Waals surface area contributed by atoms with E-state index >= 15 is 0 Å². The van der Waals surface area contributed by atoms with E-state index in [1.54, 1.807) is 18.2 Å². The van der Waals surface area contributed by atoms with Crippen LogP contribution in [0, 0.1) is 0 Å². The minimum Gasteiger partial charge on any atom is -0.507 e. The molecule has 3 heteroatoms. The summed E-state index contributed by atoms with van der Waals surface area (Å²) in [5.41, 5.74) is 0.257. The maximum absolute atomic E-state index is 12.2. The van der Waals surface area contributed by atoms with E-state index in [9.17, 15) is 9.90 Å². The van der Waals surface area contributed by atoms with Crippen molar-refractivity contribution in [3.05, 3.63) is 29.8 Å². The number of hydrogen-bond donors (Lipinski definition) is 1. The molecule has 0 fully saturated rings. The average molecular weight is 433 g/mol. The Labute approximate surface area is 192 Å². The number of carbonyl (C=O) groups excluding carboxylic acids is 1. The highest BCUT2D eigenvalue weighted by Crippen LogP contribution is 2.20. The van der Waals surface area contributed by atoms with Crippen LogP contribution in [0.1, 0.15) is 140 Å². The molecule has 0 radical (unpaired) electrons. The monoisotopic (exact) mass is 432 g/mol. The summed E-state index contributed by atoms with van der Waals surface area (Å²) in [5.74, 6) is -0.425. The number of ether oxygens (including phenoxy) is 1. The lowest BCUT2D eigenvalue weighted by Gasteiger charge is -2.16. The number of aromatic hydroxyl groups is 1. The van der Waals surface area contributed by atoms with Crippen LogP contribution in [0.3, 0.4) is 0 Å². The Morgan fingerprint density at radius 1 is 0.742 bits per heavy atom. The van der Waals surface area contributed by atoms with E-state index in [1.165, 1.54) is 102 Å². The van der Waals surface area contributed by atoms with Crippen LogP contribution in [0.15, 0.2) is 24.3 Å². The van der Waals surface area contributed by atoms with Crippen LogP contribution >= 0.6 is 0 Å². The summed E-state index contributed by atoms with van der Waals surface area (Å²) in [5, 5.41) is 9.79. The molecule has 31 heavy (non-hydrogen) atoms. The summed E-state index contributed by atoms with van der Waals surface area (Å²) in [6, 6.07) is 6.58. The third-order valence-electron chi connectivity index (χ3n) is 6.23. The van der Waals surface area contributed by atoms with Gasteiger partial charge in [0.15, 0.2) is 0 Å². The van der Waals surface area contributed by atoms with Crippen molar-refractivity contribution in [2.24, 2.45) is 0 Å². The Hall–Kier alpha value is -1.51. The van der Waals surface area contributed by atoms with E-state index in [-0.39, 0.29) is 17.4 Å². The van der Waals surface area contributed by atoms with E-state index in [2.05, 4.69) is 13.8 Å². The lowest BCUT2D eigenvalue weighted by atomic mass is 10.0. The second kappa shape index (κ2) is 19.2. The van der Waals surface area contributed by atoms with Crippen LogP contribution in [-0.4, -0.2) is 17.2 Å². The molecule has 0 aliphatic rings. The number of carbonyl (C=O) groups is 1. The van der Waals surface area contributed by atoms with Crippen LogP contribution < -0.4 is 0 Å². The first-order valence-corrected chi connectivity index (χ1v) is 13.2. The molecule has 1 atom stereocenters. The van der Waals surface area contributed by atoms with Crippen LogP contribution in [0.2, 0.25) is 0 Å². The zero-order valence-electron chi connectivity index (χ0n) is 20.4. The van der Waals surface area contributed by atoms with Gasteiger partial charge in [0.05, 0.1) is 0 Å². The highest BCUT2D eigenvalue weighted by Gasteiger charge is 2.16. The number of esters is 1. The second-order valence-corrected chi connectivity index (χ2v) is 9.04. The van der Waals surface area contributed by atoms with Gasteiger partial charge in [-0.25, -0.2) is 4.79 Å². The minimum atomic E-state index is -0.415. The molecule has 0 saturated carbocycles. The van der Waals surface area contributed by atoms with Gasteiger partial charge in [0.2, 0.25) is 0 Å². The van der Waals surface area contributed by atoms with Crippen LogP contribution in [-0.2, 0) is 4.74 Å². The van der Waals surface area contributed by atoms with Gasteiger partial charge in [-0.05, 0) is 31.4 Å². The molecule has 0 aliphatic carbocycles. The highest BCUT2D eigenvalue weighted by atomic mass is 16.5. The molecule has 0 spiro atoms. The third kappa shape index (κ3) is 14.2. The summed E-state index contributed by atoms with van der Waals surface area (Å²) < 4.78 is 5.59. The summed E-state index contributed by atoms with van der Waals surface area (Å²) in [6.45, 7) is 4.33. The lowest BCUT2D eigenvalue weighted by molar-refractivity contribution is 0.0264. The first-order valence-electron chi connectivity index (χ1n) is 13.2. The van der Waals surface area contributed by atoms with Crippen molar-refractivity contribution < 1.29 is 14.6 Å². The summed E-state index contributed by atoms with van der Waals surface area (Å²) in [4.78, 5) is 12.2. The van der Waals surface area contributed by atoms with Gasteiger partial charge in [-0.1, -0.05) is 122 Å². The Balaban J connectivity index is 1.92. The molecule has 0 aliphatic heterocycles. The summed E-state index contributed by atoms with van der Waals surface area (Å²) in [6.07, 6.45) is 23.5. The molecule has 3 nitrogen and oxygen atoms in total. The van der Waals surface area contributed by atoms with Crippen molar-refractivity contribution >= 4 is 5.97 Å². The molecule has 0 heterocycles. The number of para-hydroxylation sites is 1. The fraction of sp³-hybridized carbons (Fsp3) is 0.750. The van der Waals surface area contributed by atoms with Gasteiger partial charge in [-0.3, -0.25) is 0 Å². The Morgan fingerprint density at radius 2 is 1.19 bits per heavy atom. The summed E-state index contributed by atoms with van der Waals surface area (Å²) in [7, 11) is 0. The Morgan fingerprint density at radius 3 is 1.65 bits per heavy atom. The van der Waals surface area contributed by atoms with Crippen molar-refractivity contribution in [3.63, 3.8) is 0 Å². The van der Waals surface area contributed by atoms with Gasteiger partial charge in [-0.15, -0.1) is 0 Å². The highest BCUT2D eigenvalue weighted by molar-refractivity contribution is 5.92. The van der Waals surface area contributed by atoms with Crippen molar-refractivity contribution in [3.8, 4) is 5.75 Å². The van der Waals surface area contributed by atoms with E-state index in [1.807, 2.05) is 0 Å². The number of benzene rings is 1. The van der Waals surface area contributed by atoms with Gasteiger partial charge >= 0.3 is 5.97 Å². The Bertz CT molecular complexity index is 555. The molecule has 1 aromatic rings. The molecule has 1 rings (SSSR count). The van der Waals surface area contributed by atoms with Gasteiger partial charge < -0.3 is 9.84 Å². The van der Waals surface area contributed by atoms with E-state index in [0.29, 0.717) is 0 Å². The smallest absolute Gasteiger partial charge is 0.342 e. The molecular weight excluding hydrogens is 384 g/mol. The van der Waals surface area contributed by atoms with E-state index in [4.69, 9.17) is 4.74 Å². The quantitative estimate of drug-likeness (QED) is 0.165. The fourth-order valence-corrected chi connectivity index (χ4v) is 4.13. The molecule has 1 aromatic carbocycles. The maximum atomic E-state index is 12.2. The molecular formula is C28H48O3. The number of unbranched alkanes of at least 4 members (excludes halogenated alkanes) is 15. The first-order chi connectivity index (χ1) is 15.2. The molecule has 178 valence electrons. The number of phenolic OH excluding ortho intramolecular Hbond substituents is 1. The SMILES string of the molecule is CCCCCCCCCCCCCCCCCCC(CC)OC(=O)c1ccccc1O. The number of hydrogen-bond acceptors (Lipinski definition) is 3. The first kappa shape index (κ1) is 27.5. The minimum absolute atomic E-state index is 0.00948. The number of rotatable bonds is 20. The predicted molar refractivity (Wildman–Crippen MR) is 132 cm³/mol. The maximum Gasteiger partial charge on any atom is 0.342 e. The molecule has 0 bridgehead atoms. The van der Waals surface area contributed by atoms with Crippen LogP contribution in [0.4, 0.5) is 0 Å². The van der Waals surface area contributed by atoms with Gasteiger partial charge in [0.25, 0.3) is 0 Å². The largest absolute Gasteiger partial charge is 0.507 e. The lowest BCUT2D eigenvalue weighted by Crippen LogP contribution is -2.17. The third-order valence-corrected chi connectivity index (χ3v) is 6.23. The van der Waals surface area contributed by atoms with E-state index in [0.717, 1.165) is 19.3 Å².